The van der Waals surface area contributed by atoms with Crippen LogP contribution in [0.1, 0.15) is 83.6 Å². The smallest absolute Gasteiger partial charge is 0.210 e. The van der Waals surface area contributed by atoms with Gasteiger partial charge in [-0.2, -0.15) is 28.9 Å². The van der Waals surface area contributed by atoms with Gasteiger partial charge in [0.1, 0.15) is 0 Å². The zero-order valence-corrected chi connectivity index (χ0v) is 30.9. The number of benzene rings is 2. The molecular weight excluding hydrogens is 514 g/mol. The van der Waals surface area contributed by atoms with E-state index in [2.05, 4.69) is 142 Å². The Morgan fingerprint density at radius 3 is 1.88 bits per heavy atom. The van der Waals surface area contributed by atoms with Crippen molar-refractivity contribution in [2.24, 2.45) is 0 Å². The Morgan fingerprint density at radius 1 is 0.756 bits per heavy atom. The van der Waals surface area contributed by atoms with Gasteiger partial charge in [-0.15, -0.1) is 33.7 Å². The first-order valence-corrected chi connectivity index (χ1v) is 22.1. The number of fused-ring (bicyclic) bond motifs is 1. The van der Waals surface area contributed by atoms with Gasteiger partial charge >= 0.3 is 37.7 Å². The van der Waals surface area contributed by atoms with Gasteiger partial charge in [0, 0.05) is 15.2 Å². The second-order valence-electron chi connectivity index (χ2n) is 15.1. The molecule has 0 fully saturated rings. The third-order valence-corrected chi connectivity index (χ3v) is 27.4. The second-order valence-corrected chi connectivity index (χ2v) is 30.2. The fraction of sp³-hybridized carbons (Fsp3) is 0.459. The molecule has 0 unspecified atom stereocenters. The van der Waals surface area contributed by atoms with Crippen molar-refractivity contribution in [3.05, 3.63) is 82.9 Å². The number of unbranched alkanes of at least 4 members (excludes halogenated alkanes) is 1. The summed E-state index contributed by atoms with van der Waals surface area (Å²) in [6.45, 7) is 29.3. The predicted molar refractivity (Wildman–Crippen MR) is 182 cm³/mol. The van der Waals surface area contributed by atoms with E-state index in [0.29, 0.717) is 0 Å². The maximum Gasteiger partial charge on any atom is 1.00 e. The maximum atomic E-state index is 2.66. The van der Waals surface area contributed by atoms with Gasteiger partial charge in [-0.05, 0) is 27.5 Å². The van der Waals surface area contributed by atoms with Crippen molar-refractivity contribution in [1.29, 1.82) is 0 Å². The van der Waals surface area contributed by atoms with Crippen LogP contribution in [0, 0.1) is 6.92 Å². The summed E-state index contributed by atoms with van der Waals surface area (Å²) in [5.74, 6) is 0. The summed E-state index contributed by atoms with van der Waals surface area (Å²) in [7, 11) is -3.49. The van der Waals surface area contributed by atoms with Gasteiger partial charge in [0.2, 0.25) is 0 Å². The number of hydrogen-bond donors (Lipinski definition) is 0. The molecule has 0 spiro atoms. The fourth-order valence-electron chi connectivity index (χ4n) is 6.26. The van der Waals surface area contributed by atoms with Crippen LogP contribution in [0.2, 0.25) is 26.2 Å². The molecule has 0 heterocycles. The van der Waals surface area contributed by atoms with Gasteiger partial charge in [-0.1, -0.05) is 131 Å². The molecule has 0 aliphatic rings. The van der Waals surface area contributed by atoms with Crippen LogP contribution in [0.3, 0.4) is 0 Å². The van der Waals surface area contributed by atoms with Crippen LogP contribution in [0.25, 0.3) is 21.9 Å². The van der Waals surface area contributed by atoms with E-state index in [1.54, 1.807) is 10.4 Å². The fourth-order valence-corrected chi connectivity index (χ4v) is 16.1. The summed E-state index contributed by atoms with van der Waals surface area (Å²) in [6.07, 6.45) is 3.77. The van der Waals surface area contributed by atoms with Crippen LogP contribution in [-0.4, -0.2) is 15.2 Å². The Morgan fingerprint density at radius 2 is 1.34 bits per heavy atom. The van der Waals surface area contributed by atoms with Crippen molar-refractivity contribution in [2.75, 3.05) is 0 Å². The molecule has 4 rings (SSSR count). The van der Waals surface area contributed by atoms with Crippen molar-refractivity contribution in [3.8, 4) is 11.1 Å². The topological polar surface area (TPSA) is 0 Å². The minimum atomic E-state index is -1.79. The Hall–Kier alpha value is -0.971. The summed E-state index contributed by atoms with van der Waals surface area (Å²) >= 11 is 0. The quantitative estimate of drug-likeness (QED) is 0.236. The average Bonchev–Trinajstić information content (AvgIpc) is 3.45. The molecule has 4 aromatic rings. The molecule has 0 saturated heterocycles. The van der Waals surface area contributed by atoms with Gasteiger partial charge < -0.3 is 0 Å². The van der Waals surface area contributed by atoms with Crippen LogP contribution in [-0.2, 0) is 17.3 Å². The molecule has 0 N–H and O–H groups in total. The molecule has 41 heavy (non-hydrogen) atoms. The second kappa shape index (κ2) is 12.9. The predicted octanol–water partition coefficient (Wildman–Crippen LogP) is 3.81. The average molecular weight is 567 g/mol. The molecule has 0 aromatic heterocycles. The summed E-state index contributed by atoms with van der Waals surface area (Å²) < 4.78 is 0. The molecule has 210 valence electrons. The van der Waals surface area contributed by atoms with Crippen molar-refractivity contribution < 1.29 is 37.7 Å². The van der Waals surface area contributed by atoms with E-state index in [0.717, 1.165) is 0 Å². The largest absolute Gasteiger partial charge is 1.00 e. The van der Waals surface area contributed by atoms with Crippen LogP contribution >= 0.6 is 0 Å². The molecular formula is C37H52Li2Si2. The standard InChI is InChI=1S/C37H52Si2.2Li/c1-13-14-16-27-19-20-31(22-27)38(9,10)39(11,12)35-26(2)21-34-32(17-15-18-33(34)35)28-23-29(36(3,4)5)25-30(24-28)37(6,7)8;;/h15,17-25H,13-14,16H2,1-12H3;;/q-2;2*+1. The summed E-state index contributed by atoms with van der Waals surface area (Å²) in [6, 6.07) is 24.4. The van der Waals surface area contributed by atoms with E-state index in [1.807, 2.05) is 0 Å². The minimum absolute atomic E-state index is 0. The molecule has 0 nitrogen and oxygen atoms in total. The Labute approximate surface area is 278 Å². The third-order valence-electron chi connectivity index (χ3n) is 9.65. The first-order valence-electron chi connectivity index (χ1n) is 15.1. The first-order chi connectivity index (χ1) is 18.0. The maximum absolute atomic E-state index is 2.66. The van der Waals surface area contributed by atoms with E-state index in [9.17, 15) is 0 Å². The molecule has 4 aromatic carbocycles. The number of rotatable bonds is 7. The van der Waals surface area contributed by atoms with Crippen molar-refractivity contribution in [1.82, 2.24) is 0 Å². The zero-order valence-electron chi connectivity index (χ0n) is 28.9. The summed E-state index contributed by atoms with van der Waals surface area (Å²) in [5.41, 5.74) is 8.84. The number of hydrogen-bond acceptors (Lipinski definition) is 0. The van der Waals surface area contributed by atoms with Crippen LogP contribution < -0.4 is 48.1 Å². The van der Waals surface area contributed by atoms with Gasteiger partial charge in [0.05, 0.1) is 0 Å². The molecule has 0 saturated carbocycles. The summed E-state index contributed by atoms with van der Waals surface area (Å²) in [5, 5.41) is 6.28. The third kappa shape index (κ3) is 7.07. The van der Waals surface area contributed by atoms with Crippen molar-refractivity contribution >= 4 is 36.3 Å². The summed E-state index contributed by atoms with van der Waals surface area (Å²) in [4.78, 5) is 0. The molecule has 0 aliphatic carbocycles. The van der Waals surface area contributed by atoms with Gasteiger partial charge in [0.25, 0.3) is 0 Å². The minimum Gasteiger partial charge on any atom is -0.210 e. The SMILES string of the molecule is CCCCc1cc[c-]([Si](C)(C)[Si](C)(C)[c-]2c(C)cc3c(-c4cc(C(C)(C)C)cc(C(C)(C)C)c4)cccc32)c1.[Li+].[Li+]. The first kappa shape index (κ1) is 36.2. The number of aryl methyl sites for hydroxylation is 2. The van der Waals surface area contributed by atoms with Gasteiger partial charge in [0.15, 0.2) is 0 Å². The molecule has 0 radical (unpaired) electrons. The van der Waals surface area contributed by atoms with Crippen molar-refractivity contribution in [3.63, 3.8) is 0 Å². The van der Waals surface area contributed by atoms with E-state index in [4.69, 9.17) is 0 Å². The van der Waals surface area contributed by atoms with E-state index >= 15 is 0 Å². The van der Waals surface area contributed by atoms with Crippen LogP contribution in [0.5, 0.6) is 0 Å². The van der Waals surface area contributed by atoms with Crippen LogP contribution in [0.15, 0.2) is 60.7 Å². The molecule has 0 aliphatic heterocycles. The van der Waals surface area contributed by atoms with E-state index in [1.165, 1.54) is 63.4 Å². The molecule has 0 amide bonds. The molecule has 4 heteroatoms. The van der Waals surface area contributed by atoms with E-state index in [-0.39, 0.29) is 48.6 Å². The normalized spacial score (nSPS) is 12.8. The Balaban J connectivity index is 0.00000294. The molecule has 0 atom stereocenters. The van der Waals surface area contributed by atoms with Gasteiger partial charge in [-0.3, -0.25) is 0 Å². The molecule has 0 bridgehead atoms. The Kier molecular flexibility index (Phi) is 11.4. The zero-order chi connectivity index (χ0) is 29.0. The van der Waals surface area contributed by atoms with E-state index < -0.39 is 15.2 Å². The Bertz CT molecular complexity index is 1440. The monoisotopic (exact) mass is 566 g/mol. The van der Waals surface area contributed by atoms with Gasteiger partial charge in [-0.25, -0.2) is 6.07 Å². The van der Waals surface area contributed by atoms with Crippen LogP contribution in [0.4, 0.5) is 0 Å². The van der Waals surface area contributed by atoms with Crippen molar-refractivity contribution in [2.45, 2.75) is 112 Å².